The molecule has 0 aliphatic carbocycles. The predicted octanol–water partition coefficient (Wildman–Crippen LogP) is 1.82. The van der Waals surface area contributed by atoms with Crippen LogP contribution in [-0.4, -0.2) is 24.5 Å². The molecule has 2 aromatic rings. The lowest BCUT2D eigenvalue weighted by Crippen LogP contribution is -2.13. The average molecular weight is 306 g/mol. The molecule has 2 rings (SSSR count). The number of benzene rings is 1. The molecule has 1 aromatic carbocycles. The highest BCUT2D eigenvalue weighted by molar-refractivity contribution is 7.92. The van der Waals surface area contributed by atoms with E-state index < -0.39 is 16.0 Å². The molecule has 0 radical (unpaired) electrons. The van der Waals surface area contributed by atoms with Crippen LogP contribution in [0, 0.1) is 6.92 Å². The number of nitrogens with zero attached hydrogens (tertiary/aromatic N) is 1. The maximum absolute atomic E-state index is 12.2. The Balaban J connectivity index is 2.21. The molecule has 0 spiro atoms. The van der Waals surface area contributed by atoms with Crippen molar-refractivity contribution in [3.8, 4) is 0 Å². The number of anilines is 1. The molecule has 0 unspecified atom stereocenters. The van der Waals surface area contributed by atoms with Crippen LogP contribution in [-0.2, 0) is 21.2 Å². The molecule has 7 heteroatoms. The minimum absolute atomic E-state index is 0.0677. The summed E-state index contributed by atoms with van der Waals surface area (Å²) in [6, 6.07) is 7.39. The van der Waals surface area contributed by atoms with Crippen LogP contribution in [0.2, 0.25) is 0 Å². The lowest BCUT2D eigenvalue weighted by molar-refractivity contribution is -0.136. The van der Waals surface area contributed by atoms with Crippen LogP contribution in [0.25, 0.3) is 0 Å². The number of pyridine rings is 1. The first kappa shape index (κ1) is 15.0. The molecular weight excluding hydrogens is 292 g/mol. The van der Waals surface area contributed by atoms with Gasteiger partial charge in [-0.25, -0.2) is 8.42 Å². The highest BCUT2D eigenvalue weighted by atomic mass is 32.2. The minimum atomic E-state index is -3.71. The van der Waals surface area contributed by atoms with Crippen LogP contribution in [0.5, 0.6) is 0 Å². The fourth-order valence-corrected chi connectivity index (χ4v) is 2.82. The van der Waals surface area contributed by atoms with E-state index in [1.165, 1.54) is 30.5 Å². The Bertz CT molecular complexity index is 755. The summed E-state index contributed by atoms with van der Waals surface area (Å²) in [6.45, 7) is 1.81. The monoisotopic (exact) mass is 306 g/mol. The second-order valence-electron chi connectivity index (χ2n) is 4.57. The first-order valence-corrected chi connectivity index (χ1v) is 7.60. The molecule has 1 heterocycles. The van der Waals surface area contributed by atoms with E-state index in [2.05, 4.69) is 9.71 Å². The van der Waals surface area contributed by atoms with E-state index in [0.717, 1.165) is 5.56 Å². The van der Waals surface area contributed by atoms with Crippen LogP contribution >= 0.6 is 0 Å². The fraction of sp³-hybridized carbons (Fsp3) is 0.143. The van der Waals surface area contributed by atoms with Gasteiger partial charge in [0, 0.05) is 6.20 Å². The number of hydrogen-bond acceptors (Lipinski definition) is 4. The quantitative estimate of drug-likeness (QED) is 0.878. The predicted molar refractivity (Wildman–Crippen MR) is 77.6 cm³/mol. The topological polar surface area (TPSA) is 96.4 Å². The molecular formula is C14H14N2O4S. The summed E-state index contributed by atoms with van der Waals surface area (Å²) in [5.74, 6) is -0.963. The highest BCUT2D eigenvalue weighted by Gasteiger charge is 2.14. The standard InChI is InChI=1S/C14H14N2O4S/c1-10-6-12(9-15-8-10)16-21(19,20)13-4-2-11(3-5-13)7-14(17)18/h2-6,8-9,16H,7H2,1H3,(H,17,18). The summed E-state index contributed by atoms with van der Waals surface area (Å²) in [7, 11) is -3.71. The Kier molecular flexibility index (Phi) is 4.23. The number of carboxylic acid groups (broad SMARTS) is 1. The molecule has 1 aromatic heterocycles. The molecule has 0 fully saturated rings. The van der Waals surface area contributed by atoms with Crippen LogP contribution in [0.1, 0.15) is 11.1 Å². The molecule has 0 aliphatic heterocycles. The van der Waals surface area contributed by atoms with Gasteiger partial charge in [0.1, 0.15) is 0 Å². The molecule has 6 nitrogen and oxygen atoms in total. The van der Waals surface area contributed by atoms with Crippen LogP contribution < -0.4 is 4.72 Å². The third-order valence-corrected chi connectivity index (χ3v) is 4.11. The molecule has 110 valence electrons. The van der Waals surface area contributed by atoms with E-state index in [4.69, 9.17) is 5.11 Å². The first-order valence-electron chi connectivity index (χ1n) is 6.12. The van der Waals surface area contributed by atoms with Crippen molar-refractivity contribution in [2.24, 2.45) is 0 Å². The van der Waals surface area contributed by atoms with Crippen molar-refractivity contribution in [3.63, 3.8) is 0 Å². The number of aryl methyl sites for hydroxylation is 1. The summed E-state index contributed by atoms with van der Waals surface area (Å²) in [4.78, 5) is 14.6. The molecule has 0 atom stereocenters. The zero-order valence-electron chi connectivity index (χ0n) is 11.3. The molecule has 0 saturated heterocycles. The van der Waals surface area contributed by atoms with Gasteiger partial charge in [-0.15, -0.1) is 0 Å². The van der Waals surface area contributed by atoms with E-state index in [0.29, 0.717) is 11.3 Å². The molecule has 2 N–H and O–H groups in total. The number of carboxylic acids is 1. The minimum Gasteiger partial charge on any atom is -0.481 e. The molecule has 0 saturated carbocycles. The van der Waals surface area contributed by atoms with Crippen LogP contribution in [0.3, 0.4) is 0 Å². The number of aliphatic carboxylic acids is 1. The van der Waals surface area contributed by atoms with Gasteiger partial charge >= 0.3 is 5.97 Å². The summed E-state index contributed by atoms with van der Waals surface area (Å²) >= 11 is 0. The van der Waals surface area contributed by atoms with Gasteiger partial charge in [0.05, 0.1) is 23.2 Å². The van der Waals surface area contributed by atoms with E-state index in [-0.39, 0.29) is 11.3 Å². The SMILES string of the molecule is Cc1cncc(NS(=O)(=O)c2ccc(CC(=O)O)cc2)c1. The number of aromatic nitrogens is 1. The zero-order valence-corrected chi connectivity index (χ0v) is 12.1. The van der Waals surface area contributed by atoms with Gasteiger partial charge in [-0.3, -0.25) is 14.5 Å². The smallest absolute Gasteiger partial charge is 0.307 e. The van der Waals surface area contributed by atoms with Gasteiger partial charge in [0.2, 0.25) is 0 Å². The van der Waals surface area contributed by atoms with Crippen molar-refractivity contribution in [1.29, 1.82) is 0 Å². The van der Waals surface area contributed by atoms with E-state index >= 15 is 0 Å². The third-order valence-electron chi connectivity index (χ3n) is 2.72. The summed E-state index contributed by atoms with van der Waals surface area (Å²) < 4.78 is 26.8. The van der Waals surface area contributed by atoms with Gasteiger partial charge in [-0.05, 0) is 36.2 Å². The van der Waals surface area contributed by atoms with Crippen molar-refractivity contribution in [2.45, 2.75) is 18.2 Å². The van der Waals surface area contributed by atoms with Crippen molar-refractivity contribution >= 4 is 21.7 Å². The summed E-state index contributed by atoms with van der Waals surface area (Å²) in [5.41, 5.74) is 1.76. The van der Waals surface area contributed by atoms with Gasteiger partial charge < -0.3 is 5.11 Å². The van der Waals surface area contributed by atoms with E-state index in [1.807, 2.05) is 6.92 Å². The van der Waals surface area contributed by atoms with Crippen molar-refractivity contribution in [1.82, 2.24) is 4.98 Å². The second-order valence-corrected chi connectivity index (χ2v) is 6.25. The molecule has 0 bridgehead atoms. The van der Waals surface area contributed by atoms with Crippen molar-refractivity contribution in [2.75, 3.05) is 4.72 Å². The first-order chi connectivity index (χ1) is 9.87. The molecule has 0 aliphatic rings. The van der Waals surface area contributed by atoms with Gasteiger partial charge in [0.15, 0.2) is 0 Å². The van der Waals surface area contributed by atoms with E-state index in [9.17, 15) is 13.2 Å². The normalized spacial score (nSPS) is 11.1. The average Bonchev–Trinajstić information content (AvgIpc) is 2.38. The molecule has 0 amide bonds. The number of nitrogens with one attached hydrogen (secondary N) is 1. The summed E-state index contributed by atoms with van der Waals surface area (Å²) in [6.07, 6.45) is 2.90. The third kappa shape index (κ3) is 4.03. The Hall–Kier alpha value is -2.41. The number of sulfonamides is 1. The highest BCUT2D eigenvalue weighted by Crippen LogP contribution is 2.16. The Morgan fingerprint density at radius 1 is 1.24 bits per heavy atom. The Morgan fingerprint density at radius 2 is 1.90 bits per heavy atom. The zero-order chi connectivity index (χ0) is 15.5. The maximum Gasteiger partial charge on any atom is 0.307 e. The van der Waals surface area contributed by atoms with Gasteiger partial charge in [-0.1, -0.05) is 12.1 Å². The van der Waals surface area contributed by atoms with Crippen molar-refractivity contribution in [3.05, 3.63) is 53.9 Å². The Labute approximate surface area is 122 Å². The maximum atomic E-state index is 12.2. The van der Waals surface area contributed by atoms with Gasteiger partial charge in [0.25, 0.3) is 10.0 Å². The Morgan fingerprint density at radius 3 is 2.48 bits per heavy atom. The van der Waals surface area contributed by atoms with Crippen LogP contribution in [0.15, 0.2) is 47.6 Å². The fourth-order valence-electron chi connectivity index (χ4n) is 1.79. The summed E-state index contributed by atoms with van der Waals surface area (Å²) in [5, 5.41) is 8.68. The van der Waals surface area contributed by atoms with Gasteiger partial charge in [-0.2, -0.15) is 0 Å². The molecule has 21 heavy (non-hydrogen) atoms. The van der Waals surface area contributed by atoms with E-state index in [1.54, 1.807) is 12.3 Å². The second kappa shape index (κ2) is 5.92. The lowest BCUT2D eigenvalue weighted by Gasteiger charge is -2.08. The number of hydrogen-bond donors (Lipinski definition) is 2. The lowest BCUT2D eigenvalue weighted by atomic mass is 10.2. The largest absolute Gasteiger partial charge is 0.481 e. The van der Waals surface area contributed by atoms with Crippen molar-refractivity contribution < 1.29 is 18.3 Å². The number of rotatable bonds is 5. The number of carbonyl (C=O) groups is 1. The van der Waals surface area contributed by atoms with Crippen LogP contribution in [0.4, 0.5) is 5.69 Å².